The number of nitrogens with one attached hydrogen (secondary N) is 1. The number of aromatic nitrogens is 1. The van der Waals surface area contributed by atoms with Gasteiger partial charge < -0.3 is 0 Å². The first kappa shape index (κ1) is 16.4. The zero-order valence-corrected chi connectivity index (χ0v) is 15.1. The van der Waals surface area contributed by atoms with E-state index < -0.39 is 0 Å². The Bertz CT molecular complexity index is 889. The standard InChI is InChI=1S/C20H20N2OS/c1-12-6-5-7-16(10-12)19(23)22-20-21-17(11-24-20)18-14(3)8-13(2)9-15(18)4/h5-11H,1-4H3,(H,21,22,23). The fourth-order valence-electron chi connectivity index (χ4n) is 2.99. The highest BCUT2D eigenvalue weighted by Crippen LogP contribution is 2.31. The predicted octanol–water partition coefficient (Wildman–Crippen LogP) is 5.30. The molecule has 1 aromatic heterocycles. The van der Waals surface area contributed by atoms with E-state index >= 15 is 0 Å². The van der Waals surface area contributed by atoms with Gasteiger partial charge in [0.05, 0.1) is 5.69 Å². The molecular weight excluding hydrogens is 316 g/mol. The third-order valence-corrected chi connectivity index (χ3v) is 4.70. The van der Waals surface area contributed by atoms with Crippen LogP contribution < -0.4 is 5.32 Å². The summed E-state index contributed by atoms with van der Waals surface area (Å²) >= 11 is 1.45. The van der Waals surface area contributed by atoms with Crippen molar-refractivity contribution in [1.29, 1.82) is 0 Å². The Labute approximate surface area is 146 Å². The van der Waals surface area contributed by atoms with Crippen LogP contribution in [-0.4, -0.2) is 10.9 Å². The number of benzene rings is 2. The number of hydrogen-bond donors (Lipinski definition) is 1. The van der Waals surface area contributed by atoms with Crippen LogP contribution in [-0.2, 0) is 0 Å². The van der Waals surface area contributed by atoms with Crippen molar-refractivity contribution in [2.75, 3.05) is 5.32 Å². The van der Waals surface area contributed by atoms with Gasteiger partial charge in [0.1, 0.15) is 0 Å². The van der Waals surface area contributed by atoms with E-state index in [1.807, 2.05) is 36.6 Å². The van der Waals surface area contributed by atoms with Crippen molar-refractivity contribution in [3.8, 4) is 11.3 Å². The molecule has 3 nitrogen and oxygen atoms in total. The average Bonchev–Trinajstić information content (AvgIpc) is 2.94. The van der Waals surface area contributed by atoms with E-state index in [1.54, 1.807) is 0 Å². The Morgan fingerprint density at radius 3 is 2.38 bits per heavy atom. The number of carbonyl (C=O) groups is 1. The second-order valence-corrected chi connectivity index (χ2v) is 6.99. The molecular formula is C20H20N2OS. The van der Waals surface area contributed by atoms with Crippen LogP contribution >= 0.6 is 11.3 Å². The Morgan fingerprint density at radius 2 is 1.71 bits per heavy atom. The highest BCUT2D eigenvalue weighted by Gasteiger charge is 2.13. The lowest BCUT2D eigenvalue weighted by atomic mass is 9.98. The van der Waals surface area contributed by atoms with Crippen molar-refractivity contribution >= 4 is 22.4 Å². The summed E-state index contributed by atoms with van der Waals surface area (Å²) in [5, 5.41) is 5.51. The van der Waals surface area contributed by atoms with E-state index in [0.717, 1.165) is 16.8 Å². The number of aryl methyl sites for hydroxylation is 4. The third-order valence-electron chi connectivity index (χ3n) is 3.94. The number of rotatable bonds is 3. The van der Waals surface area contributed by atoms with Gasteiger partial charge >= 0.3 is 0 Å². The Morgan fingerprint density at radius 1 is 1.00 bits per heavy atom. The molecule has 0 fully saturated rings. The van der Waals surface area contributed by atoms with Crippen LogP contribution in [0.4, 0.5) is 5.13 Å². The summed E-state index contributed by atoms with van der Waals surface area (Å²) in [5.41, 5.74) is 7.42. The predicted molar refractivity (Wildman–Crippen MR) is 101 cm³/mol. The minimum atomic E-state index is -0.128. The highest BCUT2D eigenvalue weighted by molar-refractivity contribution is 7.14. The van der Waals surface area contributed by atoms with E-state index in [2.05, 4.69) is 43.2 Å². The maximum Gasteiger partial charge on any atom is 0.257 e. The molecule has 0 aliphatic carbocycles. The number of carbonyl (C=O) groups excluding carboxylic acids is 1. The maximum absolute atomic E-state index is 12.3. The van der Waals surface area contributed by atoms with E-state index in [9.17, 15) is 4.79 Å². The number of thiazole rings is 1. The number of nitrogens with zero attached hydrogens (tertiary/aromatic N) is 1. The molecule has 0 unspecified atom stereocenters. The fourth-order valence-corrected chi connectivity index (χ4v) is 3.68. The molecule has 4 heteroatoms. The largest absolute Gasteiger partial charge is 0.298 e. The van der Waals surface area contributed by atoms with Gasteiger partial charge in [-0.1, -0.05) is 35.4 Å². The average molecular weight is 336 g/mol. The zero-order chi connectivity index (χ0) is 17.3. The van der Waals surface area contributed by atoms with Crippen molar-refractivity contribution in [3.05, 3.63) is 69.6 Å². The molecule has 0 bridgehead atoms. The smallest absolute Gasteiger partial charge is 0.257 e. The summed E-state index contributed by atoms with van der Waals surface area (Å²) in [6, 6.07) is 11.9. The molecule has 2 aromatic carbocycles. The van der Waals surface area contributed by atoms with E-state index in [1.165, 1.54) is 28.0 Å². The molecule has 0 aliphatic rings. The maximum atomic E-state index is 12.3. The summed E-state index contributed by atoms with van der Waals surface area (Å²) in [7, 11) is 0. The quantitative estimate of drug-likeness (QED) is 0.705. The van der Waals surface area contributed by atoms with Gasteiger partial charge in [-0.15, -0.1) is 11.3 Å². The first-order valence-electron chi connectivity index (χ1n) is 7.86. The van der Waals surface area contributed by atoms with E-state index in [-0.39, 0.29) is 5.91 Å². The van der Waals surface area contributed by atoms with Crippen molar-refractivity contribution in [2.45, 2.75) is 27.7 Å². The number of hydrogen-bond acceptors (Lipinski definition) is 3. The molecule has 0 atom stereocenters. The Balaban J connectivity index is 1.85. The van der Waals surface area contributed by atoms with Gasteiger partial charge in [0.25, 0.3) is 5.91 Å². The minimum Gasteiger partial charge on any atom is -0.298 e. The van der Waals surface area contributed by atoms with Crippen LogP contribution in [0.1, 0.15) is 32.6 Å². The molecule has 1 amide bonds. The van der Waals surface area contributed by atoms with E-state index in [4.69, 9.17) is 0 Å². The molecule has 1 heterocycles. The summed E-state index contributed by atoms with van der Waals surface area (Å²) < 4.78 is 0. The van der Waals surface area contributed by atoms with Gasteiger partial charge in [-0.25, -0.2) is 4.98 Å². The molecule has 3 aromatic rings. The van der Waals surface area contributed by atoms with Crippen LogP contribution in [0, 0.1) is 27.7 Å². The summed E-state index contributed by atoms with van der Waals surface area (Å²) in [4.78, 5) is 17.0. The summed E-state index contributed by atoms with van der Waals surface area (Å²) in [6.45, 7) is 8.26. The van der Waals surface area contributed by atoms with Gasteiger partial charge in [0.2, 0.25) is 0 Å². The highest BCUT2D eigenvalue weighted by atomic mass is 32.1. The molecule has 0 radical (unpaired) electrons. The topological polar surface area (TPSA) is 42.0 Å². The lowest BCUT2D eigenvalue weighted by molar-refractivity contribution is 0.102. The molecule has 0 spiro atoms. The van der Waals surface area contributed by atoms with Gasteiger partial charge in [0, 0.05) is 16.5 Å². The van der Waals surface area contributed by atoms with Gasteiger partial charge in [0.15, 0.2) is 5.13 Å². The van der Waals surface area contributed by atoms with Gasteiger partial charge in [-0.05, 0) is 51.0 Å². The van der Waals surface area contributed by atoms with Crippen LogP contribution in [0.3, 0.4) is 0 Å². The monoisotopic (exact) mass is 336 g/mol. The first-order chi connectivity index (χ1) is 11.4. The molecule has 1 N–H and O–H groups in total. The van der Waals surface area contributed by atoms with Crippen molar-refractivity contribution < 1.29 is 4.79 Å². The van der Waals surface area contributed by atoms with Crippen molar-refractivity contribution in [2.24, 2.45) is 0 Å². The lowest BCUT2D eigenvalue weighted by Gasteiger charge is -2.08. The second kappa shape index (κ2) is 6.57. The van der Waals surface area contributed by atoms with Crippen molar-refractivity contribution in [3.63, 3.8) is 0 Å². The normalized spacial score (nSPS) is 10.7. The minimum absolute atomic E-state index is 0.128. The van der Waals surface area contributed by atoms with E-state index in [0.29, 0.717) is 10.7 Å². The van der Waals surface area contributed by atoms with Crippen LogP contribution in [0.2, 0.25) is 0 Å². The number of amides is 1. The van der Waals surface area contributed by atoms with Crippen molar-refractivity contribution in [1.82, 2.24) is 4.98 Å². The zero-order valence-electron chi connectivity index (χ0n) is 14.3. The molecule has 122 valence electrons. The van der Waals surface area contributed by atoms with Crippen LogP contribution in [0.15, 0.2) is 41.8 Å². The SMILES string of the molecule is Cc1cccc(C(=O)Nc2nc(-c3c(C)cc(C)cc3C)cs2)c1. The van der Waals surface area contributed by atoms with Gasteiger partial charge in [-0.2, -0.15) is 0 Å². The Kier molecular flexibility index (Phi) is 4.49. The molecule has 3 rings (SSSR count). The van der Waals surface area contributed by atoms with Crippen LogP contribution in [0.5, 0.6) is 0 Å². The number of anilines is 1. The molecule has 24 heavy (non-hydrogen) atoms. The fraction of sp³-hybridized carbons (Fsp3) is 0.200. The lowest BCUT2D eigenvalue weighted by Crippen LogP contribution is -2.11. The first-order valence-corrected chi connectivity index (χ1v) is 8.74. The molecule has 0 saturated heterocycles. The Hall–Kier alpha value is -2.46. The summed E-state index contributed by atoms with van der Waals surface area (Å²) in [6.07, 6.45) is 0. The van der Waals surface area contributed by atoms with Crippen LogP contribution in [0.25, 0.3) is 11.3 Å². The molecule has 0 saturated carbocycles. The second-order valence-electron chi connectivity index (χ2n) is 6.14. The third kappa shape index (κ3) is 3.39. The van der Waals surface area contributed by atoms with Gasteiger partial charge in [-0.3, -0.25) is 10.1 Å². The summed E-state index contributed by atoms with van der Waals surface area (Å²) in [5.74, 6) is -0.128. The molecule has 0 aliphatic heterocycles.